The van der Waals surface area contributed by atoms with Crippen molar-refractivity contribution in [1.82, 2.24) is 9.88 Å². The molecule has 2 aliphatic heterocycles. The normalized spacial score (nSPS) is 19.4. The van der Waals surface area contributed by atoms with Gasteiger partial charge in [-0.25, -0.2) is 0 Å². The number of hydrogen-bond acceptors (Lipinski definition) is 4. The van der Waals surface area contributed by atoms with E-state index in [4.69, 9.17) is 9.47 Å². The molecular formula is C25H24N2O2S. The molecule has 5 heteroatoms. The maximum atomic E-state index is 6.41. The highest BCUT2D eigenvalue weighted by Gasteiger charge is 2.26. The molecule has 4 nitrogen and oxygen atoms in total. The number of aromatic nitrogens is 1. The minimum Gasteiger partial charge on any atom is -0.486 e. The van der Waals surface area contributed by atoms with Crippen molar-refractivity contribution >= 4 is 37.9 Å². The van der Waals surface area contributed by atoms with Gasteiger partial charge in [-0.2, -0.15) is 0 Å². The Kier molecular flexibility index (Phi) is 4.32. The highest BCUT2D eigenvalue weighted by atomic mass is 32.1. The molecule has 0 saturated heterocycles. The molecule has 4 heterocycles. The zero-order valence-electron chi connectivity index (χ0n) is 17.0. The fraction of sp³-hybridized carbons (Fsp3) is 0.280. The molecule has 4 aromatic rings. The lowest BCUT2D eigenvalue weighted by atomic mass is 9.99. The van der Waals surface area contributed by atoms with Gasteiger partial charge < -0.3 is 14.5 Å². The van der Waals surface area contributed by atoms with E-state index in [0.29, 0.717) is 6.61 Å². The van der Waals surface area contributed by atoms with E-state index >= 15 is 0 Å². The summed E-state index contributed by atoms with van der Waals surface area (Å²) in [6, 6.07) is 14.9. The van der Waals surface area contributed by atoms with Gasteiger partial charge in [0, 0.05) is 40.9 Å². The number of fused-ring (bicyclic) bond motifs is 4. The van der Waals surface area contributed by atoms with Gasteiger partial charge in [-0.1, -0.05) is 24.3 Å². The molecule has 0 spiro atoms. The van der Waals surface area contributed by atoms with Gasteiger partial charge in [-0.05, 0) is 59.5 Å². The van der Waals surface area contributed by atoms with Gasteiger partial charge in [0.25, 0.3) is 0 Å². The first-order valence-corrected chi connectivity index (χ1v) is 11.4. The number of H-pyrrole nitrogens is 1. The van der Waals surface area contributed by atoms with Gasteiger partial charge in [-0.3, -0.25) is 4.90 Å². The van der Waals surface area contributed by atoms with Gasteiger partial charge in [-0.15, -0.1) is 11.3 Å². The topological polar surface area (TPSA) is 37.5 Å². The van der Waals surface area contributed by atoms with Crippen LogP contribution in [0, 0.1) is 6.92 Å². The molecule has 1 N–H and O–H groups in total. The number of aromatic amines is 1. The largest absolute Gasteiger partial charge is 0.486 e. The number of rotatable bonds is 3. The third kappa shape index (κ3) is 3.09. The van der Waals surface area contributed by atoms with Crippen LogP contribution in [0.1, 0.15) is 17.7 Å². The van der Waals surface area contributed by atoms with Crippen molar-refractivity contribution < 1.29 is 9.47 Å². The molecule has 6 rings (SSSR count). The molecule has 30 heavy (non-hydrogen) atoms. The Morgan fingerprint density at radius 2 is 2.10 bits per heavy atom. The first-order chi connectivity index (χ1) is 14.7. The zero-order valence-corrected chi connectivity index (χ0v) is 17.8. The molecule has 2 aromatic heterocycles. The predicted molar refractivity (Wildman–Crippen MR) is 124 cm³/mol. The Bertz CT molecular complexity index is 1270. The molecule has 0 bridgehead atoms. The van der Waals surface area contributed by atoms with E-state index in [-0.39, 0.29) is 6.10 Å². The summed E-state index contributed by atoms with van der Waals surface area (Å²) in [5.41, 5.74) is 5.12. The van der Waals surface area contributed by atoms with Crippen molar-refractivity contribution in [3.8, 4) is 11.5 Å². The summed E-state index contributed by atoms with van der Waals surface area (Å²) in [7, 11) is 0. The van der Waals surface area contributed by atoms with Crippen LogP contribution in [0.5, 0.6) is 11.5 Å². The lowest BCUT2D eigenvalue weighted by Gasteiger charge is -2.33. The summed E-state index contributed by atoms with van der Waals surface area (Å²) in [6.07, 6.45) is 3.52. The van der Waals surface area contributed by atoms with Crippen LogP contribution in [0.2, 0.25) is 0 Å². The molecule has 0 amide bonds. The van der Waals surface area contributed by atoms with Crippen molar-refractivity contribution in [2.75, 3.05) is 26.2 Å². The van der Waals surface area contributed by atoms with Crippen LogP contribution >= 0.6 is 11.3 Å². The third-order valence-electron chi connectivity index (χ3n) is 6.14. The van der Waals surface area contributed by atoms with E-state index in [1.807, 2.05) is 17.4 Å². The monoisotopic (exact) mass is 416 g/mol. The second-order valence-electron chi connectivity index (χ2n) is 8.24. The maximum Gasteiger partial charge on any atom is 0.171 e. The Hall–Kier alpha value is -2.76. The number of ether oxygens (including phenoxy) is 2. The lowest BCUT2D eigenvalue weighted by molar-refractivity contribution is 0.0633. The fourth-order valence-corrected chi connectivity index (χ4v) is 5.63. The van der Waals surface area contributed by atoms with E-state index in [2.05, 4.69) is 64.7 Å². The van der Waals surface area contributed by atoms with Crippen LogP contribution in [-0.4, -0.2) is 42.2 Å². The highest BCUT2D eigenvalue weighted by molar-refractivity contribution is 7.17. The van der Waals surface area contributed by atoms with E-state index in [0.717, 1.165) is 54.2 Å². The van der Waals surface area contributed by atoms with Crippen molar-refractivity contribution in [2.45, 2.75) is 19.4 Å². The van der Waals surface area contributed by atoms with Crippen LogP contribution in [0.15, 0.2) is 53.9 Å². The van der Waals surface area contributed by atoms with Gasteiger partial charge in [0.2, 0.25) is 0 Å². The van der Waals surface area contributed by atoms with Gasteiger partial charge in [0.15, 0.2) is 11.5 Å². The average molecular weight is 417 g/mol. The molecule has 152 valence electrons. The van der Waals surface area contributed by atoms with E-state index in [1.165, 1.54) is 21.2 Å². The summed E-state index contributed by atoms with van der Waals surface area (Å²) in [5.74, 6) is 1.73. The summed E-state index contributed by atoms with van der Waals surface area (Å²) in [6.45, 7) is 5.56. The number of nitrogens with one attached hydrogen (secondary N) is 1. The molecular weight excluding hydrogens is 392 g/mol. The molecule has 2 aliphatic rings. The minimum absolute atomic E-state index is 0.0511. The standard InChI is InChI=1S/C25H24N2O2S/c1-16-12-20-22(26-16)6-7-23-25(20)29-18(14-28-23)13-27-10-8-17(9-11-27)21-15-30-24-5-3-2-4-19(21)24/h2-8,12,15,18,26H,9-11,13-14H2,1H3. The van der Waals surface area contributed by atoms with Gasteiger partial charge in [0.05, 0.1) is 0 Å². The quantitative estimate of drug-likeness (QED) is 0.471. The Morgan fingerprint density at radius 1 is 1.17 bits per heavy atom. The van der Waals surface area contributed by atoms with Crippen molar-refractivity contribution in [1.29, 1.82) is 0 Å². The number of nitrogens with zero attached hydrogens (tertiary/aromatic N) is 1. The van der Waals surface area contributed by atoms with Crippen LogP contribution < -0.4 is 9.47 Å². The van der Waals surface area contributed by atoms with Gasteiger partial charge in [0.1, 0.15) is 12.7 Å². The molecule has 0 fully saturated rings. The maximum absolute atomic E-state index is 6.41. The first-order valence-electron chi connectivity index (χ1n) is 10.5. The summed E-state index contributed by atoms with van der Waals surface area (Å²) in [4.78, 5) is 5.85. The summed E-state index contributed by atoms with van der Waals surface area (Å²) < 4.78 is 13.8. The van der Waals surface area contributed by atoms with Crippen LogP contribution in [-0.2, 0) is 0 Å². The lowest BCUT2D eigenvalue weighted by Crippen LogP contribution is -2.42. The molecule has 0 aliphatic carbocycles. The molecule has 0 radical (unpaired) electrons. The molecule has 1 atom stereocenters. The number of hydrogen-bond donors (Lipinski definition) is 1. The number of aryl methyl sites for hydroxylation is 1. The summed E-state index contributed by atoms with van der Waals surface area (Å²) >= 11 is 1.84. The van der Waals surface area contributed by atoms with Crippen LogP contribution in [0.4, 0.5) is 0 Å². The predicted octanol–water partition coefficient (Wildman–Crippen LogP) is 5.62. The van der Waals surface area contributed by atoms with Crippen molar-refractivity contribution in [3.63, 3.8) is 0 Å². The molecule has 0 saturated carbocycles. The van der Waals surface area contributed by atoms with Gasteiger partial charge >= 0.3 is 0 Å². The smallest absolute Gasteiger partial charge is 0.171 e. The van der Waals surface area contributed by atoms with E-state index in [9.17, 15) is 0 Å². The zero-order chi connectivity index (χ0) is 20.1. The van der Waals surface area contributed by atoms with E-state index in [1.54, 1.807) is 0 Å². The third-order valence-corrected chi connectivity index (χ3v) is 7.11. The Morgan fingerprint density at radius 3 is 3.00 bits per heavy atom. The summed E-state index contributed by atoms with van der Waals surface area (Å²) in [5, 5.41) is 4.80. The van der Waals surface area contributed by atoms with Crippen LogP contribution in [0.3, 0.4) is 0 Å². The number of thiophene rings is 1. The second kappa shape index (κ2) is 7.18. The van der Waals surface area contributed by atoms with Crippen molar-refractivity contribution in [3.05, 3.63) is 65.2 Å². The first kappa shape index (κ1) is 18.0. The van der Waals surface area contributed by atoms with Crippen LogP contribution in [0.25, 0.3) is 26.6 Å². The number of benzene rings is 2. The minimum atomic E-state index is 0.0511. The Labute approximate surface area is 179 Å². The van der Waals surface area contributed by atoms with Crippen molar-refractivity contribution in [2.24, 2.45) is 0 Å². The SMILES string of the molecule is Cc1cc2c3c(ccc2[nH]1)OCC(CN1CC=C(c2csc4ccccc24)CC1)O3. The Balaban J connectivity index is 1.17. The molecule has 1 unspecified atom stereocenters. The average Bonchev–Trinajstić information content (AvgIpc) is 3.37. The second-order valence-corrected chi connectivity index (χ2v) is 9.15. The fourth-order valence-electron chi connectivity index (χ4n) is 4.64. The molecule has 2 aromatic carbocycles. The highest BCUT2D eigenvalue weighted by Crippen LogP contribution is 2.39. The van der Waals surface area contributed by atoms with E-state index < -0.39 is 0 Å².